The van der Waals surface area contributed by atoms with Crippen LogP contribution in [0.5, 0.6) is 0 Å². The summed E-state index contributed by atoms with van der Waals surface area (Å²) in [4.78, 5) is 36.7. The van der Waals surface area contributed by atoms with Crippen LogP contribution in [-0.2, 0) is 7.05 Å². The highest BCUT2D eigenvalue weighted by molar-refractivity contribution is 7.20. The Labute approximate surface area is 195 Å². The van der Waals surface area contributed by atoms with Gasteiger partial charge in [0.1, 0.15) is 10.5 Å². The molecule has 0 aromatic carbocycles. The molecule has 0 aliphatic carbocycles. The quantitative estimate of drug-likeness (QED) is 0.420. The van der Waals surface area contributed by atoms with Gasteiger partial charge in [-0.1, -0.05) is 0 Å². The van der Waals surface area contributed by atoms with Gasteiger partial charge in [-0.05, 0) is 18.2 Å². The number of nitrogens with zero attached hydrogens (tertiary/aromatic N) is 7. The van der Waals surface area contributed by atoms with Crippen molar-refractivity contribution >= 4 is 38.6 Å². The number of likely N-dealkylation sites (tertiary alicyclic amines) is 1. The second kappa shape index (κ2) is 7.62. The van der Waals surface area contributed by atoms with Crippen LogP contribution in [0.4, 0.5) is 8.78 Å². The third kappa shape index (κ3) is 3.50. The maximum atomic E-state index is 13.6. The molecule has 5 aromatic heterocycles. The molecule has 6 rings (SSSR count). The van der Waals surface area contributed by atoms with E-state index in [2.05, 4.69) is 20.1 Å². The van der Waals surface area contributed by atoms with Crippen LogP contribution in [0.25, 0.3) is 44.2 Å². The van der Waals surface area contributed by atoms with Crippen molar-refractivity contribution in [2.45, 2.75) is 18.8 Å². The first-order valence-electron chi connectivity index (χ1n) is 10.6. The number of halogens is 2. The predicted octanol–water partition coefficient (Wildman–Crippen LogP) is 3.90. The number of aromatic amines is 1. The number of aryl methyl sites for hydroxylation is 1. The first kappa shape index (κ1) is 20.8. The summed E-state index contributed by atoms with van der Waals surface area (Å²) in [5.41, 5.74) is 3.44. The fourth-order valence-electron chi connectivity index (χ4n) is 4.10. The smallest absolute Gasteiger partial charge is 0.264 e. The number of alkyl halides is 2. The zero-order chi connectivity index (χ0) is 23.4. The van der Waals surface area contributed by atoms with Gasteiger partial charge in [-0.3, -0.25) is 9.48 Å². The maximum Gasteiger partial charge on any atom is 0.264 e. The molecule has 1 fully saturated rings. The predicted molar refractivity (Wildman–Crippen MR) is 123 cm³/mol. The Morgan fingerprint density at radius 2 is 2.00 bits per heavy atom. The van der Waals surface area contributed by atoms with Crippen molar-refractivity contribution in [3.8, 4) is 22.8 Å². The lowest BCUT2D eigenvalue weighted by molar-refractivity contribution is -0.0493. The number of nitrogens with one attached hydrogen (secondary N) is 1. The van der Waals surface area contributed by atoms with Crippen molar-refractivity contribution in [3.63, 3.8) is 0 Å². The van der Waals surface area contributed by atoms with E-state index in [4.69, 9.17) is 9.97 Å². The molecule has 0 saturated carbocycles. The van der Waals surface area contributed by atoms with Crippen LogP contribution in [-0.4, -0.2) is 64.5 Å². The Morgan fingerprint density at radius 1 is 1.18 bits per heavy atom. The Balaban J connectivity index is 1.46. The number of H-pyrrole nitrogens is 1. The van der Waals surface area contributed by atoms with Crippen molar-refractivity contribution in [2.24, 2.45) is 7.05 Å². The Bertz CT molecular complexity index is 1550. The number of carbonyl (C=O) groups excluding carboxylic acids is 1. The number of thiophene rings is 1. The van der Waals surface area contributed by atoms with E-state index in [1.165, 1.54) is 16.2 Å². The lowest BCUT2D eigenvalue weighted by Gasteiger charge is -2.31. The maximum absolute atomic E-state index is 13.6. The highest BCUT2D eigenvalue weighted by Crippen LogP contribution is 2.35. The van der Waals surface area contributed by atoms with E-state index in [1.807, 2.05) is 19.2 Å². The number of piperidine rings is 1. The number of imidazole rings is 1. The Kier molecular flexibility index (Phi) is 4.66. The molecule has 1 aliphatic heterocycles. The van der Waals surface area contributed by atoms with Crippen molar-refractivity contribution in [1.29, 1.82) is 0 Å². The molecule has 172 valence electrons. The van der Waals surface area contributed by atoms with E-state index in [-0.39, 0.29) is 31.8 Å². The molecule has 0 atom stereocenters. The van der Waals surface area contributed by atoms with Crippen molar-refractivity contribution in [2.75, 3.05) is 13.1 Å². The molecule has 1 amide bonds. The number of hydrogen-bond donors (Lipinski definition) is 1. The van der Waals surface area contributed by atoms with Crippen LogP contribution < -0.4 is 0 Å². The van der Waals surface area contributed by atoms with Gasteiger partial charge in [0.2, 0.25) is 0 Å². The number of carbonyl (C=O) groups is 1. The molecule has 5 aromatic rings. The van der Waals surface area contributed by atoms with Crippen LogP contribution in [0.2, 0.25) is 0 Å². The monoisotopic (exact) mass is 480 g/mol. The molecule has 6 heterocycles. The van der Waals surface area contributed by atoms with Gasteiger partial charge in [0.15, 0.2) is 11.5 Å². The van der Waals surface area contributed by atoms with Gasteiger partial charge in [0.25, 0.3) is 11.8 Å². The van der Waals surface area contributed by atoms with Crippen molar-refractivity contribution < 1.29 is 13.6 Å². The minimum atomic E-state index is -2.71. The summed E-state index contributed by atoms with van der Waals surface area (Å²) in [7, 11) is 1.81. The number of fused-ring (bicyclic) bond motifs is 2. The molecule has 12 heteroatoms. The lowest BCUT2D eigenvalue weighted by Crippen LogP contribution is -2.42. The third-order valence-electron chi connectivity index (χ3n) is 5.98. The second-order valence-electron chi connectivity index (χ2n) is 8.21. The van der Waals surface area contributed by atoms with E-state index >= 15 is 0 Å². The number of amides is 1. The van der Waals surface area contributed by atoms with Gasteiger partial charge >= 0.3 is 0 Å². The highest BCUT2D eigenvalue weighted by atomic mass is 32.1. The minimum absolute atomic E-state index is 0.0292. The number of rotatable bonds is 3. The van der Waals surface area contributed by atoms with Crippen LogP contribution in [0.3, 0.4) is 0 Å². The van der Waals surface area contributed by atoms with Gasteiger partial charge in [0.05, 0.1) is 22.4 Å². The molecular formula is C22H18F2N8OS. The summed E-state index contributed by atoms with van der Waals surface area (Å²) in [5.74, 6) is -2.53. The third-order valence-corrected chi connectivity index (χ3v) is 7.00. The fraction of sp³-hybridized carbons (Fsp3) is 0.273. The normalized spacial score (nSPS) is 15.9. The average Bonchev–Trinajstić information content (AvgIpc) is 3.56. The van der Waals surface area contributed by atoms with Gasteiger partial charge in [-0.15, -0.1) is 11.3 Å². The summed E-state index contributed by atoms with van der Waals surface area (Å²) in [6.07, 6.45) is 4.26. The standard InChI is InChI=1S/C22H18F2N8OS/c1-31-15(2-5-28-31)17-13-9-16(21(33)32-6-3-22(23,24)4-7-32)34-20(13)30-18(29-17)12-8-14-19(25-10-12)27-11-26-14/h2,5,8-11H,3-4,6-7H2,1H3,(H,25,26,27). The van der Waals surface area contributed by atoms with E-state index in [0.717, 1.165) is 11.2 Å². The zero-order valence-electron chi connectivity index (χ0n) is 18.0. The van der Waals surface area contributed by atoms with Crippen molar-refractivity contribution in [1.82, 2.24) is 39.6 Å². The van der Waals surface area contributed by atoms with Crippen LogP contribution in [0.1, 0.15) is 22.5 Å². The van der Waals surface area contributed by atoms with E-state index in [1.54, 1.807) is 29.5 Å². The Morgan fingerprint density at radius 3 is 2.76 bits per heavy atom. The summed E-state index contributed by atoms with van der Waals surface area (Å²) < 4.78 is 28.8. The molecular weight excluding hydrogens is 462 g/mol. The zero-order valence-corrected chi connectivity index (χ0v) is 18.8. The van der Waals surface area contributed by atoms with Gasteiger partial charge in [-0.25, -0.2) is 28.7 Å². The van der Waals surface area contributed by atoms with Gasteiger partial charge in [-0.2, -0.15) is 5.10 Å². The summed E-state index contributed by atoms with van der Waals surface area (Å²) in [6, 6.07) is 5.46. The minimum Gasteiger partial charge on any atom is -0.343 e. The number of pyridine rings is 1. The number of aromatic nitrogens is 7. The van der Waals surface area contributed by atoms with Crippen LogP contribution in [0.15, 0.2) is 36.9 Å². The molecule has 0 radical (unpaired) electrons. The highest BCUT2D eigenvalue weighted by Gasteiger charge is 2.36. The summed E-state index contributed by atoms with van der Waals surface area (Å²) >= 11 is 1.23. The molecule has 0 bridgehead atoms. The molecule has 0 unspecified atom stereocenters. The largest absolute Gasteiger partial charge is 0.343 e. The molecule has 0 spiro atoms. The first-order valence-corrected chi connectivity index (χ1v) is 11.5. The van der Waals surface area contributed by atoms with E-state index in [9.17, 15) is 13.6 Å². The van der Waals surface area contributed by atoms with E-state index in [0.29, 0.717) is 37.8 Å². The molecule has 1 N–H and O–H groups in total. The Hall–Kier alpha value is -3.80. The van der Waals surface area contributed by atoms with Crippen LogP contribution >= 0.6 is 11.3 Å². The summed E-state index contributed by atoms with van der Waals surface area (Å²) in [5, 5.41) is 4.96. The molecule has 9 nitrogen and oxygen atoms in total. The number of hydrogen-bond acceptors (Lipinski definition) is 7. The van der Waals surface area contributed by atoms with Gasteiger partial charge in [0, 0.05) is 56.3 Å². The topological polar surface area (TPSA) is 105 Å². The molecule has 1 aliphatic rings. The average molecular weight is 481 g/mol. The first-order chi connectivity index (χ1) is 16.4. The molecule has 34 heavy (non-hydrogen) atoms. The van der Waals surface area contributed by atoms with Crippen LogP contribution in [0, 0.1) is 0 Å². The second-order valence-corrected chi connectivity index (χ2v) is 9.24. The lowest BCUT2D eigenvalue weighted by atomic mass is 10.1. The fourth-order valence-corrected chi connectivity index (χ4v) is 5.10. The SMILES string of the molecule is Cn1nccc1-c1nc(-c2cnc3nc[nH]c3c2)nc2sc(C(=O)N3CCC(F)(F)CC3)cc12. The van der Waals surface area contributed by atoms with E-state index < -0.39 is 5.92 Å². The molecule has 1 saturated heterocycles. The summed E-state index contributed by atoms with van der Waals surface area (Å²) in [6.45, 7) is 0.0585. The van der Waals surface area contributed by atoms with Crippen molar-refractivity contribution in [3.05, 3.63) is 41.8 Å². The van der Waals surface area contributed by atoms with Gasteiger partial charge < -0.3 is 9.88 Å².